The third kappa shape index (κ3) is 3.55. The Morgan fingerprint density at radius 1 is 1.53 bits per heavy atom. The molecule has 0 heterocycles. The average molecular weight is 276 g/mol. The summed E-state index contributed by atoms with van der Waals surface area (Å²) in [5, 5.41) is 9.86. The lowest BCUT2D eigenvalue weighted by atomic mass is 10.0. The molecule has 2 nitrogen and oxygen atoms in total. The summed E-state index contributed by atoms with van der Waals surface area (Å²) in [7, 11) is 0. The zero-order chi connectivity index (χ0) is 11.4. The fourth-order valence-corrected chi connectivity index (χ4v) is 1.97. The fourth-order valence-electron chi connectivity index (χ4n) is 1.35. The molecule has 4 heteroatoms. The van der Waals surface area contributed by atoms with E-state index in [9.17, 15) is 9.50 Å². The Morgan fingerprint density at radius 3 is 2.73 bits per heavy atom. The highest BCUT2D eigenvalue weighted by atomic mass is 79.9. The fraction of sp³-hybridized carbons (Fsp3) is 0.455. The summed E-state index contributed by atoms with van der Waals surface area (Å²) in [5.41, 5.74) is 6.42. The molecule has 2 unspecified atom stereocenters. The molecule has 1 aromatic carbocycles. The molecule has 0 fully saturated rings. The van der Waals surface area contributed by atoms with Gasteiger partial charge in [-0.05, 0) is 30.5 Å². The van der Waals surface area contributed by atoms with E-state index in [0.717, 1.165) is 6.42 Å². The van der Waals surface area contributed by atoms with Crippen molar-refractivity contribution in [3.05, 3.63) is 34.1 Å². The molecule has 1 aromatic rings. The van der Waals surface area contributed by atoms with E-state index >= 15 is 0 Å². The van der Waals surface area contributed by atoms with E-state index in [1.54, 1.807) is 6.07 Å². The third-order valence-electron chi connectivity index (χ3n) is 2.37. The van der Waals surface area contributed by atoms with E-state index < -0.39 is 6.10 Å². The third-order valence-corrected chi connectivity index (χ3v) is 3.06. The molecule has 84 valence electrons. The Labute approximate surface area is 97.4 Å². The standard InChI is InChI=1S/C11H15BrFNO/c1-2-8(14)6-11(15)9-4-3-7(13)5-10(9)12/h3-5,8,11,15H,2,6,14H2,1H3. The van der Waals surface area contributed by atoms with Crippen LogP contribution in [0.4, 0.5) is 4.39 Å². The minimum absolute atomic E-state index is 0.0306. The number of hydrogen-bond donors (Lipinski definition) is 2. The lowest BCUT2D eigenvalue weighted by molar-refractivity contribution is 0.156. The second kappa shape index (κ2) is 5.58. The molecule has 0 bridgehead atoms. The maximum Gasteiger partial charge on any atom is 0.124 e. The van der Waals surface area contributed by atoms with E-state index in [0.29, 0.717) is 16.5 Å². The zero-order valence-corrected chi connectivity index (χ0v) is 10.2. The average Bonchev–Trinajstić information content (AvgIpc) is 2.17. The van der Waals surface area contributed by atoms with Crippen LogP contribution in [0.25, 0.3) is 0 Å². The maximum absolute atomic E-state index is 12.8. The van der Waals surface area contributed by atoms with Crippen molar-refractivity contribution in [2.24, 2.45) is 5.73 Å². The normalized spacial score (nSPS) is 15.0. The summed E-state index contributed by atoms with van der Waals surface area (Å²) < 4.78 is 13.4. The van der Waals surface area contributed by atoms with Gasteiger partial charge in [-0.25, -0.2) is 4.39 Å². The molecule has 0 saturated heterocycles. The summed E-state index contributed by atoms with van der Waals surface area (Å²) in [5.74, 6) is -0.322. The first-order valence-electron chi connectivity index (χ1n) is 4.93. The molecule has 0 saturated carbocycles. The predicted molar refractivity (Wildman–Crippen MR) is 61.9 cm³/mol. The van der Waals surface area contributed by atoms with Crippen LogP contribution in [0.2, 0.25) is 0 Å². The first-order valence-corrected chi connectivity index (χ1v) is 5.72. The van der Waals surface area contributed by atoms with Gasteiger partial charge < -0.3 is 10.8 Å². The number of halogens is 2. The van der Waals surface area contributed by atoms with Gasteiger partial charge in [-0.2, -0.15) is 0 Å². The van der Waals surface area contributed by atoms with Crippen LogP contribution in [-0.2, 0) is 0 Å². The van der Waals surface area contributed by atoms with Crippen molar-refractivity contribution in [1.82, 2.24) is 0 Å². The van der Waals surface area contributed by atoms with Gasteiger partial charge in [0.2, 0.25) is 0 Å². The van der Waals surface area contributed by atoms with Gasteiger partial charge in [0.05, 0.1) is 6.10 Å². The molecule has 1 rings (SSSR count). The van der Waals surface area contributed by atoms with Crippen molar-refractivity contribution >= 4 is 15.9 Å². The molecule has 3 N–H and O–H groups in total. The SMILES string of the molecule is CCC(N)CC(O)c1ccc(F)cc1Br. The van der Waals surface area contributed by atoms with Crippen LogP contribution >= 0.6 is 15.9 Å². The summed E-state index contributed by atoms with van der Waals surface area (Å²) >= 11 is 3.22. The number of hydrogen-bond acceptors (Lipinski definition) is 2. The van der Waals surface area contributed by atoms with E-state index in [1.165, 1.54) is 12.1 Å². The minimum Gasteiger partial charge on any atom is -0.388 e. The van der Waals surface area contributed by atoms with Gasteiger partial charge >= 0.3 is 0 Å². The molecule has 0 amide bonds. The molecule has 0 spiro atoms. The molecule has 0 radical (unpaired) electrons. The van der Waals surface area contributed by atoms with Crippen LogP contribution in [0, 0.1) is 5.82 Å². The van der Waals surface area contributed by atoms with Crippen LogP contribution in [0.15, 0.2) is 22.7 Å². The summed E-state index contributed by atoms with van der Waals surface area (Å²) in [6, 6.07) is 4.22. The molecular formula is C11H15BrFNO. The molecular weight excluding hydrogens is 261 g/mol. The van der Waals surface area contributed by atoms with E-state index in [-0.39, 0.29) is 11.9 Å². The Hall–Kier alpha value is -0.450. The molecule has 2 atom stereocenters. The van der Waals surface area contributed by atoms with Gasteiger partial charge in [0, 0.05) is 10.5 Å². The van der Waals surface area contributed by atoms with E-state index in [2.05, 4.69) is 15.9 Å². The predicted octanol–water partition coefficient (Wildman–Crippen LogP) is 2.75. The van der Waals surface area contributed by atoms with Crippen LogP contribution in [0.3, 0.4) is 0 Å². The molecule has 0 aliphatic rings. The number of aliphatic hydroxyl groups is 1. The second-order valence-electron chi connectivity index (χ2n) is 3.59. The van der Waals surface area contributed by atoms with Crippen molar-refractivity contribution < 1.29 is 9.50 Å². The lowest BCUT2D eigenvalue weighted by Crippen LogP contribution is -2.21. The quantitative estimate of drug-likeness (QED) is 0.888. The van der Waals surface area contributed by atoms with Gasteiger partial charge in [0.1, 0.15) is 5.82 Å². The Bertz CT molecular complexity index is 332. The van der Waals surface area contributed by atoms with Gasteiger partial charge in [-0.15, -0.1) is 0 Å². The summed E-state index contributed by atoms with van der Waals surface area (Å²) in [4.78, 5) is 0. The highest BCUT2D eigenvalue weighted by Crippen LogP contribution is 2.27. The van der Waals surface area contributed by atoms with Crippen molar-refractivity contribution in [3.8, 4) is 0 Å². The second-order valence-corrected chi connectivity index (χ2v) is 4.44. The number of aliphatic hydroxyl groups excluding tert-OH is 1. The van der Waals surface area contributed by atoms with Crippen molar-refractivity contribution in [3.63, 3.8) is 0 Å². The van der Waals surface area contributed by atoms with Crippen LogP contribution in [0.1, 0.15) is 31.4 Å². The molecule has 0 aliphatic carbocycles. The summed E-state index contributed by atoms with van der Waals surface area (Å²) in [6.07, 6.45) is 0.659. The maximum atomic E-state index is 12.8. The lowest BCUT2D eigenvalue weighted by Gasteiger charge is -2.16. The van der Waals surface area contributed by atoms with Gasteiger partial charge in [0.25, 0.3) is 0 Å². The smallest absolute Gasteiger partial charge is 0.124 e. The topological polar surface area (TPSA) is 46.2 Å². The van der Waals surface area contributed by atoms with Gasteiger partial charge in [-0.3, -0.25) is 0 Å². The van der Waals surface area contributed by atoms with Crippen molar-refractivity contribution in [1.29, 1.82) is 0 Å². The molecule has 0 aliphatic heterocycles. The monoisotopic (exact) mass is 275 g/mol. The highest BCUT2D eigenvalue weighted by Gasteiger charge is 2.14. The first-order chi connectivity index (χ1) is 7.04. The van der Waals surface area contributed by atoms with E-state index in [1.807, 2.05) is 6.92 Å². The Kier molecular flexibility index (Phi) is 4.70. The number of benzene rings is 1. The van der Waals surface area contributed by atoms with Gasteiger partial charge in [-0.1, -0.05) is 28.9 Å². The Morgan fingerprint density at radius 2 is 2.20 bits per heavy atom. The van der Waals surface area contributed by atoms with Crippen LogP contribution in [-0.4, -0.2) is 11.1 Å². The Balaban J connectivity index is 2.77. The largest absolute Gasteiger partial charge is 0.388 e. The number of rotatable bonds is 4. The highest BCUT2D eigenvalue weighted by molar-refractivity contribution is 9.10. The van der Waals surface area contributed by atoms with E-state index in [4.69, 9.17) is 5.73 Å². The van der Waals surface area contributed by atoms with Crippen molar-refractivity contribution in [2.75, 3.05) is 0 Å². The molecule has 15 heavy (non-hydrogen) atoms. The zero-order valence-electron chi connectivity index (χ0n) is 8.58. The number of nitrogens with two attached hydrogens (primary N) is 1. The molecule has 0 aromatic heterocycles. The minimum atomic E-state index is -0.644. The van der Waals surface area contributed by atoms with Crippen LogP contribution in [0.5, 0.6) is 0 Å². The van der Waals surface area contributed by atoms with Crippen molar-refractivity contribution in [2.45, 2.75) is 31.9 Å². The van der Waals surface area contributed by atoms with Crippen LogP contribution < -0.4 is 5.73 Å². The first kappa shape index (κ1) is 12.6. The van der Waals surface area contributed by atoms with Gasteiger partial charge in [0.15, 0.2) is 0 Å². The summed E-state index contributed by atoms with van der Waals surface area (Å²) in [6.45, 7) is 1.97.